The number of ether oxygens (including phenoxy) is 5. The minimum atomic E-state index is -0.156. The molecule has 0 aliphatic carbocycles. The van der Waals surface area contributed by atoms with Crippen molar-refractivity contribution < 1.29 is 28.5 Å². The van der Waals surface area contributed by atoms with Gasteiger partial charge in [0, 0.05) is 7.11 Å². The molecule has 1 aromatic rings. The van der Waals surface area contributed by atoms with Gasteiger partial charge in [-0.2, -0.15) is 9.78 Å². The molecule has 0 bridgehead atoms. The fourth-order valence-electron chi connectivity index (χ4n) is 1.70. The molecule has 144 valence electrons. The van der Waals surface area contributed by atoms with Crippen LogP contribution in [0.25, 0.3) is 0 Å². The van der Waals surface area contributed by atoms with Crippen molar-refractivity contribution >= 4 is 29.5 Å². The van der Waals surface area contributed by atoms with Crippen LogP contribution < -0.4 is 0 Å². The van der Waals surface area contributed by atoms with Gasteiger partial charge in [0.1, 0.15) is 5.01 Å². The zero-order valence-corrected chi connectivity index (χ0v) is 16.4. The zero-order valence-electron chi connectivity index (χ0n) is 14.7. The smallest absolute Gasteiger partial charge is 0.251 e. The first-order valence-electron chi connectivity index (χ1n) is 8.05. The number of aryl methyl sites for hydroxylation is 1. The molecule has 1 aromatic heterocycles. The first kappa shape index (κ1) is 22.3. The maximum atomic E-state index is 11.9. The van der Waals surface area contributed by atoms with Gasteiger partial charge in [-0.3, -0.25) is 4.79 Å². The Bertz CT molecular complexity index is 534. The average molecular weight is 395 g/mol. The lowest BCUT2D eigenvalue weighted by Gasteiger charge is -2.07. The number of hydrogen-bond donors (Lipinski definition) is 0. The topological polar surface area (TPSA) is 81.0 Å². The number of nitrogens with zero attached hydrogens (tertiary/aromatic N) is 2. The summed E-state index contributed by atoms with van der Waals surface area (Å²) in [7, 11) is 1.64. The van der Waals surface area contributed by atoms with E-state index < -0.39 is 0 Å². The van der Waals surface area contributed by atoms with Crippen molar-refractivity contribution in [2.24, 2.45) is 0 Å². The second kappa shape index (κ2) is 14.4. The van der Waals surface area contributed by atoms with E-state index >= 15 is 0 Å². The van der Waals surface area contributed by atoms with Gasteiger partial charge in [-0.15, -0.1) is 0 Å². The van der Waals surface area contributed by atoms with E-state index in [0.29, 0.717) is 63.4 Å². The molecule has 0 unspecified atom stereocenters. The summed E-state index contributed by atoms with van der Waals surface area (Å²) in [6.07, 6.45) is 0.240. The number of aromatic nitrogens is 2. The number of carbonyl (C=O) groups excluding carboxylic acids is 1. The molecule has 25 heavy (non-hydrogen) atoms. The predicted molar refractivity (Wildman–Crippen MR) is 96.1 cm³/mol. The van der Waals surface area contributed by atoms with Crippen LogP contribution in [-0.2, 0) is 23.7 Å². The fourth-order valence-corrected chi connectivity index (χ4v) is 2.81. The molecule has 0 fully saturated rings. The van der Waals surface area contributed by atoms with Crippen molar-refractivity contribution in [1.82, 2.24) is 9.78 Å². The Morgan fingerprint density at radius 2 is 1.44 bits per heavy atom. The van der Waals surface area contributed by atoms with E-state index in [2.05, 4.69) is 5.10 Å². The van der Waals surface area contributed by atoms with Gasteiger partial charge < -0.3 is 23.7 Å². The lowest BCUT2D eigenvalue weighted by Crippen LogP contribution is -2.16. The van der Waals surface area contributed by atoms with E-state index in [1.807, 2.05) is 6.92 Å². The van der Waals surface area contributed by atoms with Crippen LogP contribution in [-0.4, -0.2) is 82.3 Å². The maximum Gasteiger partial charge on any atom is 0.251 e. The lowest BCUT2D eigenvalue weighted by atomic mass is 10.4. The second-order valence-corrected chi connectivity index (χ2v) is 6.71. The Kier molecular flexibility index (Phi) is 12.9. The largest absolute Gasteiger partial charge is 0.382 e. The van der Waals surface area contributed by atoms with Gasteiger partial charge in [0.2, 0.25) is 0 Å². The summed E-state index contributed by atoms with van der Waals surface area (Å²) in [5.74, 6) is -0.156. The van der Waals surface area contributed by atoms with E-state index in [1.165, 1.54) is 16.0 Å². The zero-order chi connectivity index (χ0) is 18.3. The van der Waals surface area contributed by atoms with Gasteiger partial charge >= 0.3 is 0 Å². The molecule has 10 heteroatoms. The summed E-state index contributed by atoms with van der Waals surface area (Å²) in [5, 5.41) is 4.84. The number of carbonyl (C=O) groups is 1. The molecule has 0 aromatic carbocycles. The Morgan fingerprint density at radius 1 is 0.960 bits per heavy atom. The minimum absolute atomic E-state index is 0.156. The van der Waals surface area contributed by atoms with Gasteiger partial charge in [-0.05, 0) is 19.1 Å². The van der Waals surface area contributed by atoms with Crippen molar-refractivity contribution in [3.63, 3.8) is 0 Å². The summed E-state index contributed by atoms with van der Waals surface area (Å²) in [6.45, 7) is 6.25. The summed E-state index contributed by atoms with van der Waals surface area (Å²) in [4.78, 5) is 11.9. The van der Waals surface area contributed by atoms with Crippen molar-refractivity contribution in [3.05, 3.63) is 8.96 Å². The summed E-state index contributed by atoms with van der Waals surface area (Å²) < 4.78 is 27.9. The molecule has 0 spiro atoms. The average Bonchev–Trinajstić information content (AvgIpc) is 2.93. The Hall–Kier alpha value is -0.750. The number of rotatable bonds is 15. The van der Waals surface area contributed by atoms with Crippen LogP contribution in [0.3, 0.4) is 0 Å². The van der Waals surface area contributed by atoms with E-state index in [0.717, 1.165) is 5.01 Å². The number of hydrogen-bond acceptors (Lipinski definition) is 9. The first-order chi connectivity index (χ1) is 12.1. The lowest BCUT2D eigenvalue weighted by molar-refractivity contribution is -0.00783. The highest BCUT2D eigenvalue weighted by atomic mass is 32.1. The summed E-state index contributed by atoms with van der Waals surface area (Å²) >= 11 is 6.39. The van der Waals surface area contributed by atoms with Crippen LogP contribution in [0.2, 0.25) is 0 Å². The molecule has 0 amide bonds. The summed E-state index contributed by atoms with van der Waals surface area (Å²) in [5.41, 5.74) is 0. The van der Waals surface area contributed by atoms with Crippen LogP contribution in [0.4, 0.5) is 0 Å². The molecule has 0 saturated heterocycles. The van der Waals surface area contributed by atoms with E-state index in [9.17, 15) is 4.79 Å². The molecule has 0 aliphatic heterocycles. The van der Waals surface area contributed by atoms with E-state index in [4.69, 9.17) is 35.9 Å². The third-order valence-corrected chi connectivity index (χ3v) is 4.04. The molecule has 0 atom stereocenters. The molecule has 0 aliphatic rings. The molecule has 0 saturated carbocycles. The Labute approximate surface area is 157 Å². The minimum Gasteiger partial charge on any atom is -0.382 e. The van der Waals surface area contributed by atoms with Crippen LogP contribution in [0.15, 0.2) is 0 Å². The molecule has 1 rings (SSSR count). The molecule has 0 N–H and O–H groups in total. The van der Waals surface area contributed by atoms with Crippen LogP contribution in [0.1, 0.15) is 16.2 Å². The van der Waals surface area contributed by atoms with Gasteiger partial charge in [0.15, 0.2) is 3.95 Å². The van der Waals surface area contributed by atoms with Crippen LogP contribution in [0.5, 0.6) is 0 Å². The van der Waals surface area contributed by atoms with Gasteiger partial charge in [-0.25, -0.2) is 0 Å². The highest BCUT2D eigenvalue weighted by Gasteiger charge is 2.09. The van der Waals surface area contributed by atoms with E-state index in [1.54, 1.807) is 7.11 Å². The Morgan fingerprint density at radius 3 is 1.88 bits per heavy atom. The first-order valence-corrected chi connectivity index (χ1v) is 9.27. The normalized spacial score (nSPS) is 11.1. The van der Waals surface area contributed by atoms with Gasteiger partial charge in [-0.1, -0.05) is 11.3 Å². The van der Waals surface area contributed by atoms with Gasteiger partial charge in [0.05, 0.1) is 65.9 Å². The Balaban J connectivity index is 1.87. The second-order valence-electron chi connectivity index (χ2n) is 4.88. The molecule has 1 heterocycles. The van der Waals surface area contributed by atoms with Crippen molar-refractivity contribution in [3.8, 4) is 0 Å². The highest BCUT2D eigenvalue weighted by molar-refractivity contribution is 7.73. The van der Waals surface area contributed by atoms with Crippen molar-refractivity contribution in [2.75, 3.05) is 66.6 Å². The monoisotopic (exact) mass is 394 g/mol. The van der Waals surface area contributed by atoms with Crippen molar-refractivity contribution in [2.45, 2.75) is 13.3 Å². The standard InChI is InChI=1S/C15H26N2O6S2/c1-13-16-17(15(24)25-13)14(18)3-4-20-7-8-22-11-12-23-10-9-21-6-5-19-2/h3-12H2,1-2H3. The maximum absolute atomic E-state index is 11.9. The van der Waals surface area contributed by atoms with Crippen LogP contribution >= 0.6 is 23.6 Å². The SMILES string of the molecule is COCCOCCOCCOCCOCCC(=O)n1nc(C)sc1=S. The predicted octanol–water partition coefficient (Wildman–Crippen LogP) is 1.73. The summed E-state index contributed by atoms with van der Waals surface area (Å²) in [6, 6.07) is 0. The molecule has 0 radical (unpaired) electrons. The quantitative estimate of drug-likeness (QED) is 0.329. The molecular weight excluding hydrogens is 368 g/mol. The third kappa shape index (κ3) is 10.8. The fraction of sp³-hybridized carbons (Fsp3) is 0.800. The van der Waals surface area contributed by atoms with Crippen molar-refractivity contribution in [1.29, 1.82) is 0 Å². The van der Waals surface area contributed by atoms with Gasteiger partial charge in [0.25, 0.3) is 5.91 Å². The number of methoxy groups -OCH3 is 1. The molecular formula is C15H26N2O6S2. The third-order valence-electron chi connectivity index (χ3n) is 2.89. The highest BCUT2D eigenvalue weighted by Crippen LogP contribution is 2.07. The van der Waals surface area contributed by atoms with Crippen LogP contribution in [0, 0.1) is 10.9 Å². The molecule has 8 nitrogen and oxygen atoms in total. The van der Waals surface area contributed by atoms with E-state index in [-0.39, 0.29) is 12.3 Å².